The summed E-state index contributed by atoms with van der Waals surface area (Å²) in [6.45, 7) is 2.00. The predicted octanol–water partition coefficient (Wildman–Crippen LogP) is 1.08. The highest BCUT2D eigenvalue weighted by Crippen LogP contribution is 2.16. The average molecular weight is 237 g/mol. The number of hydrogen-bond acceptors (Lipinski definition) is 5. The molecule has 0 aliphatic carbocycles. The normalized spacial score (nSPS) is 12.9. The molecule has 2 aromatic heterocycles. The number of nitrogens with zero attached hydrogens (tertiary/aromatic N) is 4. The number of aryl methyl sites for hydroxylation is 2. The van der Waals surface area contributed by atoms with Gasteiger partial charge in [0.15, 0.2) is 0 Å². The van der Waals surface area contributed by atoms with Gasteiger partial charge in [0.05, 0.1) is 35.4 Å². The minimum absolute atomic E-state index is 0.202. The summed E-state index contributed by atoms with van der Waals surface area (Å²) < 4.78 is 10.2. The van der Waals surface area contributed by atoms with Gasteiger partial charge >= 0.3 is 0 Å². The van der Waals surface area contributed by atoms with Crippen LogP contribution in [0.15, 0.2) is 12.3 Å². The Bertz CT molecular complexity index is 448. The number of hydrogen-bond donors (Lipinski definition) is 1. The summed E-state index contributed by atoms with van der Waals surface area (Å²) >= 11 is 1.24. The molecule has 0 aliphatic heterocycles. The molecule has 2 heterocycles. The average Bonchev–Trinajstić information content (AvgIpc) is 2.85. The summed E-state index contributed by atoms with van der Waals surface area (Å²) in [7, 11) is 3.90. The highest BCUT2D eigenvalue weighted by molar-refractivity contribution is 6.99. The monoisotopic (exact) mass is 237 g/mol. The Morgan fingerprint density at radius 2 is 2.38 bits per heavy atom. The predicted molar refractivity (Wildman–Crippen MR) is 63.4 cm³/mol. The van der Waals surface area contributed by atoms with E-state index in [0.29, 0.717) is 0 Å². The number of aromatic nitrogens is 4. The zero-order chi connectivity index (χ0) is 11.5. The molecule has 16 heavy (non-hydrogen) atoms. The Morgan fingerprint density at radius 1 is 1.56 bits per heavy atom. The van der Waals surface area contributed by atoms with E-state index in [0.717, 1.165) is 17.8 Å². The van der Waals surface area contributed by atoms with Crippen LogP contribution < -0.4 is 5.32 Å². The summed E-state index contributed by atoms with van der Waals surface area (Å²) in [5, 5.41) is 7.59. The number of nitrogens with one attached hydrogen (secondary N) is 1. The van der Waals surface area contributed by atoms with Crippen LogP contribution in [0.3, 0.4) is 0 Å². The minimum Gasteiger partial charge on any atom is -0.311 e. The molecular weight excluding hydrogens is 222 g/mol. The molecule has 2 rings (SSSR count). The van der Waals surface area contributed by atoms with Gasteiger partial charge in [0.25, 0.3) is 0 Å². The van der Waals surface area contributed by atoms with E-state index in [9.17, 15) is 0 Å². The molecule has 0 saturated heterocycles. The summed E-state index contributed by atoms with van der Waals surface area (Å²) in [5.41, 5.74) is 3.24. The first-order valence-corrected chi connectivity index (χ1v) is 5.88. The lowest BCUT2D eigenvalue weighted by molar-refractivity contribution is 0.552. The van der Waals surface area contributed by atoms with E-state index in [2.05, 4.69) is 25.2 Å². The SMILES string of the molecule is CNC(Cc1cc(C)nn1C)c1cnsn1. The Labute approximate surface area is 98.8 Å². The van der Waals surface area contributed by atoms with Gasteiger partial charge in [0.2, 0.25) is 0 Å². The molecule has 2 aromatic rings. The Kier molecular flexibility index (Phi) is 3.31. The van der Waals surface area contributed by atoms with Crippen LogP contribution in [0.25, 0.3) is 0 Å². The van der Waals surface area contributed by atoms with Crippen molar-refractivity contribution in [2.45, 2.75) is 19.4 Å². The maximum Gasteiger partial charge on any atom is 0.0916 e. The third-order valence-electron chi connectivity index (χ3n) is 2.60. The molecule has 0 saturated carbocycles. The zero-order valence-electron chi connectivity index (χ0n) is 9.64. The van der Waals surface area contributed by atoms with Crippen LogP contribution in [-0.4, -0.2) is 25.6 Å². The molecule has 5 nitrogen and oxygen atoms in total. The molecule has 1 N–H and O–H groups in total. The van der Waals surface area contributed by atoms with Crippen LogP contribution in [0.4, 0.5) is 0 Å². The van der Waals surface area contributed by atoms with Crippen molar-refractivity contribution in [3.05, 3.63) is 29.3 Å². The van der Waals surface area contributed by atoms with E-state index < -0.39 is 0 Å². The van der Waals surface area contributed by atoms with Crippen molar-refractivity contribution in [1.29, 1.82) is 0 Å². The highest BCUT2D eigenvalue weighted by Gasteiger charge is 2.15. The van der Waals surface area contributed by atoms with E-state index in [1.807, 2.05) is 31.9 Å². The molecule has 0 aliphatic rings. The van der Waals surface area contributed by atoms with Gasteiger partial charge in [-0.2, -0.15) is 13.8 Å². The van der Waals surface area contributed by atoms with E-state index in [4.69, 9.17) is 0 Å². The Hall–Kier alpha value is -1.27. The van der Waals surface area contributed by atoms with E-state index in [1.54, 1.807) is 0 Å². The van der Waals surface area contributed by atoms with Gasteiger partial charge in [-0.1, -0.05) is 0 Å². The third kappa shape index (κ3) is 2.28. The van der Waals surface area contributed by atoms with Crippen molar-refractivity contribution in [1.82, 2.24) is 23.8 Å². The first kappa shape index (κ1) is 11.2. The van der Waals surface area contributed by atoms with Gasteiger partial charge in [-0.15, -0.1) is 0 Å². The van der Waals surface area contributed by atoms with Crippen LogP contribution in [0, 0.1) is 6.92 Å². The van der Waals surface area contributed by atoms with Crippen molar-refractivity contribution in [2.75, 3.05) is 7.05 Å². The fourth-order valence-corrected chi connectivity index (χ4v) is 2.22. The summed E-state index contributed by atoms with van der Waals surface area (Å²) in [6, 6.07) is 2.30. The van der Waals surface area contributed by atoms with Crippen LogP contribution >= 0.6 is 11.7 Å². The maximum atomic E-state index is 4.34. The molecule has 0 aromatic carbocycles. The largest absolute Gasteiger partial charge is 0.311 e. The molecule has 86 valence electrons. The molecule has 0 fully saturated rings. The van der Waals surface area contributed by atoms with E-state index >= 15 is 0 Å². The van der Waals surface area contributed by atoms with Crippen LogP contribution in [0.1, 0.15) is 23.1 Å². The van der Waals surface area contributed by atoms with Crippen molar-refractivity contribution in [2.24, 2.45) is 7.05 Å². The molecule has 0 amide bonds. The van der Waals surface area contributed by atoms with Crippen LogP contribution in [0.5, 0.6) is 0 Å². The van der Waals surface area contributed by atoms with Gasteiger partial charge < -0.3 is 5.32 Å². The Balaban J connectivity index is 2.16. The quantitative estimate of drug-likeness (QED) is 0.864. The van der Waals surface area contributed by atoms with Crippen molar-refractivity contribution < 1.29 is 0 Å². The van der Waals surface area contributed by atoms with Gasteiger partial charge in [-0.25, -0.2) is 0 Å². The third-order valence-corrected chi connectivity index (χ3v) is 3.09. The first-order valence-electron chi connectivity index (χ1n) is 5.15. The molecular formula is C10H15N5S. The lowest BCUT2D eigenvalue weighted by Crippen LogP contribution is -2.20. The first-order chi connectivity index (χ1) is 7.70. The minimum atomic E-state index is 0.202. The Morgan fingerprint density at radius 3 is 2.88 bits per heavy atom. The van der Waals surface area contributed by atoms with Crippen molar-refractivity contribution in [3.8, 4) is 0 Å². The topological polar surface area (TPSA) is 55.6 Å². The zero-order valence-corrected chi connectivity index (χ0v) is 10.5. The molecule has 6 heteroatoms. The van der Waals surface area contributed by atoms with Gasteiger partial charge in [-0.3, -0.25) is 4.68 Å². The number of rotatable bonds is 4. The lowest BCUT2D eigenvalue weighted by Gasteiger charge is -2.12. The van der Waals surface area contributed by atoms with Crippen LogP contribution in [-0.2, 0) is 13.5 Å². The van der Waals surface area contributed by atoms with Gasteiger partial charge in [0, 0.05) is 19.2 Å². The molecule has 0 radical (unpaired) electrons. The smallest absolute Gasteiger partial charge is 0.0916 e. The van der Waals surface area contributed by atoms with Crippen molar-refractivity contribution in [3.63, 3.8) is 0 Å². The molecule has 0 bridgehead atoms. The second kappa shape index (κ2) is 4.71. The molecule has 1 atom stereocenters. The summed E-state index contributed by atoms with van der Waals surface area (Å²) in [6.07, 6.45) is 2.69. The molecule has 0 spiro atoms. The second-order valence-electron chi connectivity index (χ2n) is 3.78. The van der Waals surface area contributed by atoms with Crippen LogP contribution in [0.2, 0.25) is 0 Å². The number of likely N-dealkylation sites (N-methyl/N-ethyl adjacent to an activating group) is 1. The lowest BCUT2D eigenvalue weighted by atomic mass is 10.1. The van der Waals surface area contributed by atoms with E-state index in [1.165, 1.54) is 17.4 Å². The van der Waals surface area contributed by atoms with Gasteiger partial charge in [0.1, 0.15) is 0 Å². The standard InChI is InChI=1S/C10H15N5S/c1-7-4-8(15(3)13-7)5-9(11-2)10-6-12-16-14-10/h4,6,9,11H,5H2,1-3H3. The fraction of sp³-hybridized carbons (Fsp3) is 0.500. The van der Waals surface area contributed by atoms with E-state index in [-0.39, 0.29) is 6.04 Å². The van der Waals surface area contributed by atoms with Crippen molar-refractivity contribution >= 4 is 11.7 Å². The second-order valence-corrected chi connectivity index (χ2v) is 4.34. The molecule has 1 unspecified atom stereocenters. The summed E-state index contributed by atoms with van der Waals surface area (Å²) in [4.78, 5) is 0. The fourth-order valence-electron chi connectivity index (χ4n) is 1.74. The maximum absolute atomic E-state index is 4.34. The van der Waals surface area contributed by atoms with Gasteiger partial charge in [-0.05, 0) is 20.0 Å². The summed E-state index contributed by atoms with van der Waals surface area (Å²) in [5.74, 6) is 0. The highest BCUT2D eigenvalue weighted by atomic mass is 32.1.